The van der Waals surface area contributed by atoms with Crippen LogP contribution in [0.25, 0.3) is 0 Å². The van der Waals surface area contributed by atoms with E-state index in [1.54, 1.807) is 6.92 Å². The van der Waals surface area contributed by atoms with Crippen molar-refractivity contribution in [1.29, 1.82) is 0 Å². The molecule has 0 atom stereocenters. The van der Waals surface area contributed by atoms with E-state index in [2.05, 4.69) is 4.98 Å². The quantitative estimate of drug-likeness (QED) is 0.770. The lowest BCUT2D eigenvalue weighted by Gasteiger charge is -2.42. The number of β-amino-alcohol motifs (C(OH)–C–C–N with tert-alkyl or cyclic N) is 1. The van der Waals surface area contributed by atoms with Crippen LogP contribution in [0.5, 0.6) is 0 Å². The number of hydrogen-bond acceptors (Lipinski definition) is 5. The SMILES string of the molecule is CC1(O)CN(S(=O)(=O)c2ccc(C(=O)O)cn2)C1. The average molecular weight is 272 g/mol. The van der Waals surface area contributed by atoms with Gasteiger partial charge in [-0.05, 0) is 19.1 Å². The summed E-state index contributed by atoms with van der Waals surface area (Å²) in [7, 11) is -3.75. The van der Waals surface area contributed by atoms with Crippen molar-refractivity contribution in [1.82, 2.24) is 9.29 Å². The summed E-state index contributed by atoms with van der Waals surface area (Å²) in [5, 5.41) is 18.0. The van der Waals surface area contributed by atoms with E-state index in [0.717, 1.165) is 16.6 Å². The van der Waals surface area contributed by atoms with Crippen LogP contribution in [0.4, 0.5) is 0 Å². The number of hydrogen-bond donors (Lipinski definition) is 2. The van der Waals surface area contributed by atoms with Gasteiger partial charge >= 0.3 is 5.97 Å². The van der Waals surface area contributed by atoms with Crippen LogP contribution in [0.1, 0.15) is 17.3 Å². The number of rotatable bonds is 3. The van der Waals surface area contributed by atoms with Gasteiger partial charge in [0.25, 0.3) is 10.0 Å². The molecule has 0 unspecified atom stereocenters. The normalized spacial score (nSPS) is 19.2. The number of aromatic carboxylic acids is 1. The first-order valence-corrected chi connectivity index (χ1v) is 6.58. The Balaban J connectivity index is 2.23. The Morgan fingerprint density at radius 3 is 2.44 bits per heavy atom. The summed E-state index contributed by atoms with van der Waals surface area (Å²) in [5.41, 5.74) is -1.08. The lowest BCUT2D eigenvalue weighted by Crippen LogP contribution is -2.61. The first-order chi connectivity index (χ1) is 8.22. The first-order valence-electron chi connectivity index (χ1n) is 5.14. The van der Waals surface area contributed by atoms with Crippen molar-refractivity contribution >= 4 is 16.0 Å². The van der Waals surface area contributed by atoms with E-state index < -0.39 is 21.6 Å². The highest BCUT2D eigenvalue weighted by atomic mass is 32.2. The van der Waals surface area contributed by atoms with Crippen LogP contribution >= 0.6 is 0 Å². The molecule has 2 heterocycles. The van der Waals surface area contributed by atoms with Gasteiger partial charge in [-0.25, -0.2) is 18.2 Å². The van der Waals surface area contributed by atoms with Crippen molar-refractivity contribution in [3.63, 3.8) is 0 Å². The van der Waals surface area contributed by atoms with E-state index in [9.17, 15) is 18.3 Å². The highest BCUT2D eigenvalue weighted by Crippen LogP contribution is 2.26. The third-order valence-electron chi connectivity index (χ3n) is 2.62. The second-order valence-electron chi connectivity index (χ2n) is 4.46. The molecular weight excluding hydrogens is 260 g/mol. The van der Waals surface area contributed by atoms with Gasteiger partial charge < -0.3 is 10.2 Å². The summed E-state index contributed by atoms with van der Waals surface area (Å²) < 4.78 is 25.1. The van der Waals surface area contributed by atoms with Gasteiger partial charge in [0.15, 0.2) is 5.03 Å². The van der Waals surface area contributed by atoms with Gasteiger partial charge in [-0.3, -0.25) is 0 Å². The van der Waals surface area contributed by atoms with Crippen LogP contribution in [-0.4, -0.2) is 52.6 Å². The third kappa shape index (κ3) is 2.22. The molecule has 1 aromatic rings. The second kappa shape index (κ2) is 4.01. The predicted octanol–water partition coefficient (Wildman–Crippen LogP) is -0.465. The van der Waals surface area contributed by atoms with Crippen LogP contribution in [0, 0.1) is 0 Å². The molecule has 0 bridgehead atoms. The highest BCUT2D eigenvalue weighted by molar-refractivity contribution is 7.89. The van der Waals surface area contributed by atoms with E-state index in [0.29, 0.717) is 0 Å². The molecule has 2 N–H and O–H groups in total. The largest absolute Gasteiger partial charge is 0.478 e. The van der Waals surface area contributed by atoms with Crippen LogP contribution in [0.2, 0.25) is 0 Å². The summed E-state index contributed by atoms with van der Waals surface area (Å²) in [6.07, 6.45) is 0.993. The molecule has 0 saturated carbocycles. The molecule has 18 heavy (non-hydrogen) atoms. The number of carbonyl (C=O) groups is 1. The molecular formula is C10H12N2O5S. The van der Waals surface area contributed by atoms with Crippen molar-refractivity contribution in [2.24, 2.45) is 0 Å². The van der Waals surface area contributed by atoms with Gasteiger partial charge in [0.05, 0.1) is 11.2 Å². The van der Waals surface area contributed by atoms with E-state index >= 15 is 0 Å². The molecule has 1 saturated heterocycles. The molecule has 0 aromatic carbocycles. The number of carboxylic acids is 1. The molecule has 98 valence electrons. The topological polar surface area (TPSA) is 108 Å². The first kappa shape index (κ1) is 12.9. The molecule has 1 fully saturated rings. The maximum absolute atomic E-state index is 12.0. The Morgan fingerprint density at radius 1 is 1.44 bits per heavy atom. The maximum Gasteiger partial charge on any atom is 0.337 e. The minimum absolute atomic E-state index is 0.0116. The molecule has 1 aromatic heterocycles. The van der Waals surface area contributed by atoms with Crippen molar-refractivity contribution in [2.75, 3.05) is 13.1 Å². The molecule has 7 nitrogen and oxygen atoms in total. The molecule has 0 amide bonds. The van der Waals surface area contributed by atoms with Crippen molar-refractivity contribution in [2.45, 2.75) is 17.6 Å². The molecule has 1 aliphatic rings. The lowest BCUT2D eigenvalue weighted by atomic mass is 10.0. The summed E-state index contributed by atoms with van der Waals surface area (Å²) in [6, 6.07) is 2.33. The van der Waals surface area contributed by atoms with E-state index in [1.165, 1.54) is 6.07 Å². The predicted molar refractivity (Wildman–Crippen MR) is 60.6 cm³/mol. The van der Waals surface area contributed by atoms with Gasteiger partial charge in [-0.15, -0.1) is 0 Å². The minimum atomic E-state index is -3.75. The fourth-order valence-electron chi connectivity index (χ4n) is 1.68. The van der Waals surface area contributed by atoms with Crippen LogP contribution < -0.4 is 0 Å². The Hall–Kier alpha value is -1.51. The van der Waals surface area contributed by atoms with Crippen molar-refractivity contribution in [3.05, 3.63) is 23.9 Å². The Bertz CT molecular complexity index is 571. The summed E-state index contributed by atoms with van der Waals surface area (Å²) in [4.78, 5) is 14.2. The zero-order valence-electron chi connectivity index (χ0n) is 9.57. The van der Waals surface area contributed by atoms with Crippen molar-refractivity contribution in [3.8, 4) is 0 Å². The summed E-state index contributed by atoms with van der Waals surface area (Å²) in [6.45, 7) is 1.56. The van der Waals surface area contributed by atoms with Gasteiger partial charge in [-0.1, -0.05) is 0 Å². The van der Waals surface area contributed by atoms with Crippen LogP contribution in [0.15, 0.2) is 23.4 Å². The zero-order valence-corrected chi connectivity index (χ0v) is 10.4. The molecule has 8 heteroatoms. The van der Waals surface area contributed by atoms with Gasteiger partial charge in [-0.2, -0.15) is 4.31 Å². The average Bonchev–Trinajstić information content (AvgIpc) is 2.26. The van der Waals surface area contributed by atoms with Gasteiger partial charge in [0.2, 0.25) is 0 Å². The molecule has 0 aliphatic carbocycles. The molecule has 0 radical (unpaired) electrons. The Labute approximate surface area is 104 Å². The minimum Gasteiger partial charge on any atom is -0.478 e. The smallest absolute Gasteiger partial charge is 0.337 e. The van der Waals surface area contributed by atoms with Crippen LogP contribution in [-0.2, 0) is 10.0 Å². The fraction of sp³-hybridized carbons (Fsp3) is 0.400. The number of aliphatic hydroxyl groups is 1. The summed E-state index contributed by atoms with van der Waals surface area (Å²) >= 11 is 0. The van der Waals surface area contributed by atoms with E-state index in [1.807, 2.05) is 0 Å². The zero-order chi connectivity index (χ0) is 13.6. The fourth-order valence-corrected chi connectivity index (χ4v) is 3.26. The Kier molecular flexibility index (Phi) is 2.88. The maximum atomic E-state index is 12.0. The summed E-state index contributed by atoms with van der Waals surface area (Å²) in [5.74, 6) is -1.17. The Morgan fingerprint density at radius 2 is 2.06 bits per heavy atom. The number of carboxylic acid groups (broad SMARTS) is 1. The number of sulfonamides is 1. The number of aromatic nitrogens is 1. The molecule has 2 rings (SSSR count). The number of pyridine rings is 1. The molecule has 1 aliphatic heterocycles. The second-order valence-corrected chi connectivity index (χ2v) is 6.35. The standard InChI is InChI=1S/C10H12N2O5S/c1-10(15)5-12(6-10)18(16,17)8-3-2-7(4-11-8)9(13)14/h2-4,15H,5-6H2,1H3,(H,13,14). The van der Waals surface area contributed by atoms with E-state index in [4.69, 9.17) is 5.11 Å². The monoisotopic (exact) mass is 272 g/mol. The third-order valence-corrected chi connectivity index (χ3v) is 4.33. The lowest BCUT2D eigenvalue weighted by molar-refractivity contribution is -0.0427. The molecule has 0 spiro atoms. The van der Waals surface area contributed by atoms with Gasteiger partial charge in [0, 0.05) is 19.3 Å². The highest BCUT2D eigenvalue weighted by Gasteiger charge is 2.44. The van der Waals surface area contributed by atoms with Crippen molar-refractivity contribution < 1.29 is 23.4 Å². The van der Waals surface area contributed by atoms with Gasteiger partial charge in [0.1, 0.15) is 0 Å². The van der Waals surface area contributed by atoms with Crippen LogP contribution in [0.3, 0.4) is 0 Å². The van der Waals surface area contributed by atoms with E-state index in [-0.39, 0.29) is 23.7 Å². The number of nitrogens with zero attached hydrogens (tertiary/aromatic N) is 2.